The lowest BCUT2D eigenvalue weighted by Gasteiger charge is -2.24. The Labute approximate surface area is 126 Å². The Kier molecular flexibility index (Phi) is 5.75. The molecule has 1 aliphatic rings. The summed E-state index contributed by atoms with van der Waals surface area (Å²) < 4.78 is 26.8. The molecule has 0 radical (unpaired) electrons. The van der Waals surface area contributed by atoms with Gasteiger partial charge in [-0.1, -0.05) is 24.3 Å². The minimum atomic E-state index is -3.29. The van der Waals surface area contributed by atoms with Crippen molar-refractivity contribution in [3.05, 3.63) is 35.4 Å². The standard InChI is InChI=1S/C15H24N2O3S/c16-11-13-5-7-14(8-6-13)12-21(19,20)17-9-1-3-15(17)4-2-10-18/h5-8,15,18H,1-4,9-12,16H2. The predicted octanol–water partition coefficient (Wildman–Crippen LogP) is 1.21. The summed E-state index contributed by atoms with van der Waals surface area (Å²) in [7, 11) is -3.29. The van der Waals surface area contributed by atoms with E-state index >= 15 is 0 Å². The summed E-state index contributed by atoms with van der Waals surface area (Å²) in [6.07, 6.45) is 3.19. The van der Waals surface area contributed by atoms with Crippen LogP contribution in [-0.4, -0.2) is 37.0 Å². The number of hydrogen-bond donors (Lipinski definition) is 2. The molecule has 1 aromatic carbocycles. The van der Waals surface area contributed by atoms with Crippen molar-refractivity contribution in [3.8, 4) is 0 Å². The van der Waals surface area contributed by atoms with E-state index < -0.39 is 10.0 Å². The van der Waals surface area contributed by atoms with Crippen LogP contribution in [0.1, 0.15) is 36.8 Å². The summed E-state index contributed by atoms with van der Waals surface area (Å²) in [5.74, 6) is 0.0352. The second-order valence-electron chi connectivity index (χ2n) is 5.55. The number of hydrogen-bond acceptors (Lipinski definition) is 4. The molecule has 1 aliphatic heterocycles. The monoisotopic (exact) mass is 312 g/mol. The first-order valence-corrected chi connectivity index (χ1v) is 9.06. The Hall–Kier alpha value is -0.950. The highest BCUT2D eigenvalue weighted by atomic mass is 32.2. The zero-order chi connectivity index (χ0) is 15.3. The summed E-state index contributed by atoms with van der Waals surface area (Å²) in [4.78, 5) is 0. The minimum absolute atomic E-state index is 0.0352. The third kappa shape index (κ3) is 4.26. The Bertz CT molecular complexity index is 543. The topological polar surface area (TPSA) is 83.6 Å². The Morgan fingerprint density at radius 3 is 2.52 bits per heavy atom. The maximum absolute atomic E-state index is 12.6. The molecule has 0 aromatic heterocycles. The van der Waals surface area contributed by atoms with Gasteiger partial charge in [0.15, 0.2) is 0 Å². The van der Waals surface area contributed by atoms with Gasteiger partial charge in [0.2, 0.25) is 10.0 Å². The van der Waals surface area contributed by atoms with Crippen molar-refractivity contribution in [1.82, 2.24) is 4.31 Å². The lowest BCUT2D eigenvalue weighted by molar-refractivity contribution is 0.264. The molecule has 5 nitrogen and oxygen atoms in total. The second-order valence-corrected chi connectivity index (χ2v) is 7.47. The average molecular weight is 312 g/mol. The van der Waals surface area contributed by atoms with E-state index in [1.165, 1.54) is 0 Å². The van der Waals surface area contributed by atoms with Crippen molar-refractivity contribution in [2.75, 3.05) is 13.2 Å². The fourth-order valence-corrected chi connectivity index (χ4v) is 4.71. The average Bonchev–Trinajstić information content (AvgIpc) is 2.95. The molecule has 0 aliphatic carbocycles. The second kappa shape index (κ2) is 7.35. The maximum atomic E-state index is 12.6. The molecule has 1 fully saturated rings. The quantitative estimate of drug-likeness (QED) is 0.793. The molecular formula is C15H24N2O3S. The van der Waals surface area contributed by atoms with Gasteiger partial charge in [-0.2, -0.15) is 4.31 Å². The van der Waals surface area contributed by atoms with E-state index in [0.717, 1.165) is 30.4 Å². The van der Waals surface area contributed by atoms with Gasteiger partial charge in [0, 0.05) is 25.7 Å². The van der Waals surface area contributed by atoms with Crippen molar-refractivity contribution in [1.29, 1.82) is 0 Å². The van der Waals surface area contributed by atoms with Crippen LogP contribution in [0.2, 0.25) is 0 Å². The van der Waals surface area contributed by atoms with E-state index in [4.69, 9.17) is 10.8 Å². The van der Waals surface area contributed by atoms with Crippen LogP contribution in [0.5, 0.6) is 0 Å². The molecule has 6 heteroatoms. The number of aliphatic hydroxyl groups excluding tert-OH is 1. The van der Waals surface area contributed by atoms with Crippen molar-refractivity contribution < 1.29 is 13.5 Å². The summed E-state index contributed by atoms with van der Waals surface area (Å²) in [5, 5.41) is 8.92. The number of rotatable bonds is 7. The predicted molar refractivity (Wildman–Crippen MR) is 83.0 cm³/mol. The van der Waals surface area contributed by atoms with Crippen molar-refractivity contribution in [3.63, 3.8) is 0 Å². The third-order valence-electron chi connectivity index (χ3n) is 3.98. The van der Waals surface area contributed by atoms with Gasteiger partial charge in [0.25, 0.3) is 0 Å². The van der Waals surface area contributed by atoms with Crippen LogP contribution in [0.15, 0.2) is 24.3 Å². The van der Waals surface area contributed by atoms with E-state index in [9.17, 15) is 8.42 Å². The number of sulfonamides is 1. The van der Waals surface area contributed by atoms with Gasteiger partial charge >= 0.3 is 0 Å². The Morgan fingerprint density at radius 1 is 1.24 bits per heavy atom. The highest BCUT2D eigenvalue weighted by molar-refractivity contribution is 7.88. The van der Waals surface area contributed by atoms with E-state index in [1.54, 1.807) is 4.31 Å². The van der Waals surface area contributed by atoms with Crippen LogP contribution in [0.3, 0.4) is 0 Å². The highest BCUT2D eigenvalue weighted by Gasteiger charge is 2.33. The van der Waals surface area contributed by atoms with Crippen molar-refractivity contribution in [2.45, 2.75) is 44.0 Å². The lowest BCUT2D eigenvalue weighted by atomic mass is 10.1. The molecule has 3 N–H and O–H groups in total. The smallest absolute Gasteiger partial charge is 0.218 e. The van der Waals surface area contributed by atoms with Crippen LogP contribution in [0.25, 0.3) is 0 Å². The van der Waals surface area contributed by atoms with Crippen molar-refractivity contribution in [2.24, 2.45) is 5.73 Å². The van der Waals surface area contributed by atoms with Gasteiger partial charge in [0.1, 0.15) is 0 Å². The molecule has 21 heavy (non-hydrogen) atoms. The van der Waals surface area contributed by atoms with Crippen LogP contribution in [0.4, 0.5) is 0 Å². The van der Waals surface area contributed by atoms with Crippen molar-refractivity contribution >= 4 is 10.0 Å². The first-order valence-electron chi connectivity index (χ1n) is 7.45. The molecule has 118 valence electrons. The molecule has 0 amide bonds. The van der Waals surface area contributed by atoms with Crippen LogP contribution >= 0.6 is 0 Å². The zero-order valence-electron chi connectivity index (χ0n) is 12.2. The van der Waals surface area contributed by atoms with Gasteiger partial charge in [-0.05, 0) is 36.8 Å². The molecule has 1 saturated heterocycles. The highest BCUT2D eigenvalue weighted by Crippen LogP contribution is 2.26. The molecule has 1 heterocycles. The summed E-state index contributed by atoms with van der Waals surface area (Å²) >= 11 is 0. The number of benzene rings is 1. The van der Waals surface area contributed by atoms with Gasteiger partial charge in [0.05, 0.1) is 5.75 Å². The van der Waals surface area contributed by atoms with E-state index in [0.29, 0.717) is 19.5 Å². The van der Waals surface area contributed by atoms with E-state index in [-0.39, 0.29) is 18.4 Å². The summed E-state index contributed by atoms with van der Waals surface area (Å²) in [5.41, 5.74) is 7.33. The molecule has 1 aromatic rings. The molecular weight excluding hydrogens is 288 g/mol. The molecule has 0 saturated carbocycles. The summed E-state index contributed by atoms with van der Waals surface area (Å²) in [6.45, 7) is 1.17. The molecule has 2 rings (SSSR count). The fraction of sp³-hybridized carbons (Fsp3) is 0.600. The largest absolute Gasteiger partial charge is 0.396 e. The van der Waals surface area contributed by atoms with Crippen LogP contribution in [0, 0.1) is 0 Å². The van der Waals surface area contributed by atoms with E-state index in [1.807, 2.05) is 24.3 Å². The molecule has 1 atom stereocenters. The van der Waals surface area contributed by atoms with Gasteiger partial charge < -0.3 is 10.8 Å². The van der Waals surface area contributed by atoms with Crippen LogP contribution in [-0.2, 0) is 22.3 Å². The minimum Gasteiger partial charge on any atom is -0.396 e. The lowest BCUT2D eigenvalue weighted by Crippen LogP contribution is -2.36. The SMILES string of the molecule is NCc1ccc(CS(=O)(=O)N2CCCC2CCCO)cc1. The first-order chi connectivity index (χ1) is 10.1. The summed E-state index contributed by atoms with van der Waals surface area (Å²) in [6, 6.07) is 7.46. The Morgan fingerprint density at radius 2 is 1.90 bits per heavy atom. The number of nitrogens with two attached hydrogens (primary N) is 1. The van der Waals surface area contributed by atoms with E-state index in [2.05, 4.69) is 0 Å². The fourth-order valence-electron chi connectivity index (χ4n) is 2.86. The van der Waals surface area contributed by atoms with Gasteiger partial charge in [-0.25, -0.2) is 8.42 Å². The van der Waals surface area contributed by atoms with Gasteiger partial charge in [-0.15, -0.1) is 0 Å². The Balaban J connectivity index is 2.05. The first kappa shape index (κ1) is 16.4. The molecule has 0 bridgehead atoms. The number of nitrogens with zero attached hydrogens (tertiary/aromatic N) is 1. The normalized spacial score (nSPS) is 20.0. The number of aliphatic hydroxyl groups is 1. The van der Waals surface area contributed by atoms with Crippen LogP contribution < -0.4 is 5.73 Å². The van der Waals surface area contributed by atoms with Gasteiger partial charge in [-0.3, -0.25) is 0 Å². The maximum Gasteiger partial charge on any atom is 0.218 e. The molecule has 1 unspecified atom stereocenters. The third-order valence-corrected chi connectivity index (χ3v) is 5.88. The zero-order valence-corrected chi connectivity index (χ0v) is 13.1. The molecule has 0 spiro atoms.